The van der Waals surface area contributed by atoms with Crippen molar-refractivity contribution in [3.63, 3.8) is 0 Å². The van der Waals surface area contributed by atoms with E-state index in [1.165, 1.54) is 0 Å². The van der Waals surface area contributed by atoms with Crippen LogP contribution in [-0.2, 0) is 10.0 Å². The third-order valence-electron chi connectivity index (χ3n) is 4.23. The number of anilines is 1. The third kappa shape index (κ3) is 2.30. The van der Waals surface area contributed by atoms with Crippen molar-refractivity contribution in [3.05, 3.63) is 36.4 Å². The largest absolute Gasteiger partial charge is 0.398 e. The maximum absolute atomic E-state index is 13.0. The van der Waals surface area contributed by atoms with Crippen molar-refractivity contribution in [1.82, 2.24) is 4.31 Å². The second kappa shape index (κ2) is 5.00. The number of fused-ring (bicyclic) bond motifs is 1. The summed E-state index contributed by atoms with van der Waals surface area (Å²) < 4.78 is 27.6. The third-order valence-corrected chi connectivity index (χ3v) is 6.27. The van der Waals surface area contributed by atoms with Gasteiger partial charge in [0.25, 0.3) is 0 Å². The molecule has 1 fully saturated rings. The van der Waals surface area contributed by atoms with E-state index in [9.17, 15) is 8.42 Å². The predicted octanol–water partition coefficient (Wildman–Crippen LogP) is 2.84. The molecule has 1 aliphatic heterocycles. The Morgan fingerprint density at radius 3 is 2.38 bits per heavy atom. The topological polar surface area (TPSA) is 63.4 Å². The molecule has 2 N–H and O–H groups in total. The van der Waals surface area contributed by atoms with Crippen LogP contribution >= 0.6 is 0 Å². The summed E-state index contributed by atoms with van der Waals surface area (Å²) in [7, 11) is -3.49. The maximum atomic E-state index is 13.0. The molecule has 2 aromatic carbocycles. The van der Waals surface area contributed by atoms with Crippen LogP contribution in [0.15, 0.2) is 41.3 Å². The predicted molar refractivity (Wildman–Crippen MR) is 85.5 cm³/mol. The van der Waals surface area contributed by atoms with Crippen molar-refractivity contribution in [3.8, 4) is 0 Å². The van der Waals surface area contributed by atoms with Gasteiger partial charge in [-0.2, -0.15) is 4.31 Å². The van der Waals surface area contributed by atoms with Gasteiger partial charge in [0.05, 0.1) is 4.90 Å². The fraction of sp³-hybridized carbons (Fsp3) is 0.375. The number of nitrogens with zero attached hydrogens (tertiary/aromatic N) is 1. The molecule has 0 radical (unpaired) electrons. The van der Waals surface area contributed by atoms with E-state index in [1.54, 1.807) is 16.4 Å². The van der Waals surface area contributed by atoms with E-state index in [0.29, 0.717) is 28.4 Å². The minimum atomic E-state index is -3.49. The van der Waals surface area contributed by atoms with Crippen LogP contribution in [0.1, 0.15) is 20.3 Å². The Kier molecular flexibility index (Phi) is 3.42. The van der Waals surface area contributed by atoms with E-state index < -0.39 is 10.0 Å². The van der Waals surface area contributed by atoms with Gasteiger partial charge in [0.1, 0.15) is 0 Å². The summed E-state index contributed by atoms with van der Waals surface area (Å²) in [5, 5.41) is 1.49. The highest BCUT2D eigenvalue weighted by molar-refractivity contribution is 7.89. The Morgan fingerprint density at radius 1 is 1.10 bits per heavy atom. The molecule has 0 aliphatic carbocycles. The standard InChI is InChI=1S/C16H20N2O2S/c1-11-9-12(2)18(10-11)21(19,20)16-8-7-15(17)13-5-3-4-6-14(13)16/h3-8,11-12H,9-10,17H2,1-2H3. The SMILES string of the molecule is CC1CC(C)N(S(=O)(=O)c2ccc(N)c3ccccc23)C1. The van der Waals surface area contributed by atoms with Gasteiger partial charge < -0.3 is 5.73 Å². The number of hydrogen-bond donors (Lipinski definition) is 1. The van der Waals surface area contributed by atoms with Gasteiger partial charge >= 0.3 is 0 Å². The maximum Gasteiger partial charge on any atom is 0.243 e. The van der Waals surface area contributed by atoms with E-state index in [4.69, 9.17) is 5.73 Å². The van der Waals surface area contributed by atoms with Gasteiger partial charge in [-0.05, 0) is 31.4 Å². The van der Waals surface area contributed by atoms with E-state index >= 15 is 0 Å². The zero-order chi connectivity index (χ0) is 15.2. The minimum Gasteiger partial charge on any atom is -0.398 e. The highest BCUT2D eigenvalue weighted by Crippen LogP contribution is 2.34. The molecule has 0 saturated carbocycles. The number of rotatable bonds is 2. The van der Waals surface area contributed by atoms with Crippen LogP contribution in [0.25, 0.3) is 10.8 Å². The summed E-state index contributed by atoms with van der Waals surface area (Å²) in [5.74, 6) is 0.398. The Bertz CT molecular complexity index is 786. The molecule has 2 aromatic rings. The molecule has 0 aromatic heterocycles. The molecule has 112 valence electrons. The summed E-state index contributed by atoms with van der Waals surface area (Å²) in [6, 6.07) is 10.7. The van der Waals surface area contributed by atoms with Crippen LogP contribution in [0, 0.1) is 5.92 Å². The Hall–Kier alpha value is -1.59. The van der Waals surface area contributed by atoms with Crippen LogP contribution < -0.4 is 5.73 Å². The van der Waals surface area contributed by atoms with E-state index in [-0.39, 0.29) is 6.04 Å². The highest BCUT2D eigenvalue weighted by atomic mass is 32.2. The Morgan fingerprint density at radius 2 is 1.76 bits per heavy atom. The molecule has 1 heterocycles. The number of benzene rings is 2. The van der Waals surface area contributed by atoms with Crippen LogP contribution in [0.3, 0.4) is 0 Å². The molecule has 2 unspecified atom stereocenters. The smallest absolute Gasteiger partial charge is 0.243 e. The van der Waals surface area contributed by atoms with Crippen molar-refractivity contribution in [2.75, 3.05) is 12.3 Å². The number of nitrogens with two attached hydrogens (primary N) is 1. The number of sulfonamides is 1. The lowest BCUT2D eigenvalue weighted by atomic mass is 10.1. The zero-order valence-corrected chi connectivity index (χ0v) is 13.1. The quantitative estimate of drug-likeness (QED) is 0.868. The average Bonchev–Trinajstić information content (AvgIpc) is 2.79. The van der Waals surface area contributed by atoms with E-state index in [1.807, 2.05) is 31.2 Å². The van der Waals surface area contributed by atoms with Crippen LogP contribution in [0.4, 0.5) is 5.69 Å². The monoisotopic (exact) mass is 304 g/mol. The first-order valence-electron chi connectivity index (χ1n) is 7.20. The van der Waals surface area contributed by atoms with Crippen molar-refractivity contribution < 1.29 is 8.42 Å². The molecule has 4 nitrogen and oxygen atoms in total. The Labute approximate surface area is 125 Å². The second-order valence-electron chi connectivity index (χ2n) is 5.96. The van der Waals surface area contributed by atoms with Gasteiger partial charge in [-0.3, -0.25) is 0 Å². The summed E-state index contributed by atoms with van der Waals surface area (Å²) in [6.45, 7) is 4.65. The van der Waals surface area contributed by atoms with Gasteiger partial charge in [0.2, 0.25) is 10.0 Å². The molecule has 0 bridgehead atoms. The van der Waals surface area contributed by atoms with Crippen LogP contribution in [0.5, 0.6) is 0 Å². The zero-order valence-electron chi connectivity index (χ0n) is 12.3. The molecule has 5 heteroatoms. The summed E-state index contributed by atoms with van der Waals surface area (Å²) in [4.78, 5) is 0.355. The number of nitrogen functional groups attached to an aromatic ring is 1. The first-order chi connectivity index (χ1) is 9.91. The molecule has 0 spiro atoms. The van der Waals surface area contributed by atoms with E-state index in [0.717, 1.165) is 11.8 Å². The molecular formula is C16H20N2O2S. The molecule has 1 saturated heterocycles. The first-order valence-corrected chi connectivity index (χ1v) is 8.64. The minimum absolute atomic E-state index is 0.0429. The van der Waals surface area contributed by atoms with Gasteiger partial charge in [-0.15, -0.1) is 0 Å². The lowest BCUT2D eigenvalue weighted by Gasteiger charge is -2.22. The second-order valence-corrected chi connectivity index (χ2v) is 7.82. The lowest BCUT2D eigenvalue weighted by Crippen LogP contribution is -2.34. The molecule has 21 heavy (non-hydrogen) atoms. The molecular weight excluding hydrogens is 284 g/mol. The summed E-state index contributed by atoms with van der Waals surface area (Å²) in [5.41, 5.74) is 6.57. The van der Waals surface area contributed by atoms with Crippen molar-refractivity contribution in [2.24, 2.45) is 5.92 Å². The molecule has 0 amide bonds. The van der Waals surface area contributed by atoms with Gasteiger partial charge in [0.15, 0.2) is 0 Å². The van der Waals surface area contributed by atoms with Gasteiger partial charge in [-0.25, -0.2) is 8.42 Å². The first kappa shape index (κ1) is 14.4. The average molecular weight is 304 g/mol. The summed E-state index contributed by atoms with van der Waals surface area (Å²) >= 11 is 0. The normalized spacial score (nSPS) is 23.7. The summed E-state index contributed by atoms with van der Waals surface area (Å²) in [6.07, 6.45) is 0.909. The van der Waals surface area contributed by atoms with Gasteiger partial charge in [0, 0.05) is 29.0 Å². The highest BCUT2D eigenvalue weighted by Gasteiger charge is 2.36. The van der Waals surface area contributed by atoms with Crippen molar-refractivity contribution >= 4 is 26.5 Å². The van der Waals surface area contributed by atoms with Gasteiger partial charge in [-0.1, -0.05) is 31.2 Å². The van der Waals surface area contributed by atoms with Crippen LogP contribution in [0.2, 0.25) is 0 Å². The fourth-order valence-corrected chi connectivity index (χ4v) is 5.20. The fourth-order valence-electron chi connectivity index (χ4n) is 3.24. The number of hydrogen-bond acceptors (Lipinski definition) is 3. The van der Waals surface area contributed by atoms with Crippen molar-refractivity contribution in [1.29, 1.82) is 0 Å². The van der Waals surface area contributed by atoms with Crippen molar-refractivity contribution in [2.45, 2.75) is 31.2 Å². The molecule has 2 atom stereocenters. The van der Waals surface area contributed by atoms with Crippen LogP contribution in [-0.4, -0.2) is 25.3 Å². The molecule has 3 rings (SSSR count). The van der Waals surface area contributed by atoms with E-state index in [2.05, 4.69) is 6.92 Å². The lowest BCUT2D eigenvalue weighted by molar-refractivity contribution is 0.406. The molecule has 1 aliphatic rings. The Balaban J connectivity index is 2.18.